The molecule has 2 aromatic rings. The van der Waals surface area contributed by atoms with Gasteiger partial charge in [-0.15, -0.1) is 0 Å². The molecule has 2 aromatic carbocycles. The summed E-state index contributed by atoms with van der Waals surface area (Å²) in [6, 6.07) is 0. The van der Waals surface area contributed by atoms with E-state index in [-0.39, 0.29) is 27.2 Å². The maximum Gasteiger partial charge on any atom is 0.188 e. The molecule has 0 spiro atoms. The minimum atomic E-state index is 0.0486. The highest BCUT2D eigenvalue weighted by Gasteiger charge is 2.28. The van der Waals surface area contributed by atoms with Crippen molar-refractivity contribution in [2.75, 3.05) is 84.1 Å². The van der Waals surface area contributed by atoms with Crippen LogP contribution < -0.4 is 37.9 Å². The van der Waals surface area contributed by atoms with Crippen LogP contribution in [0.25, 0.3) is 0 Å². The van der Waals surface area contributed by atoms with Gasteiger partial charge in [0.1, 0.15) is 7.14 Å². The maximum absolute atomic E-state index is 5.98. The number of hydrogen-bond donors (Lipinski definition) is 0. The van der Waals surface area contributed by atoms with Crippen LogP contribution in [-0.4, -0.2) is 84.1 Å². The number of unbranched alkanes of at least 4 members (excludes halogenated alkanes) is 2. The molecular weight excluding hydrogens is 794 g/mol. The van der Waals surface area contributed by atoms with Crippen LogP contribution in [0.3, 0.4) is 0 Å². The summed E-state index contributed by atoms with van der Waals surface area (Å²) in [5.74, 6) is 4.36. The van der Waals surface area contributed by atoms with Gasteiger partial charge in [-0.2, -0.15) is 0 Å². The Labute approximate surface area is 281 Å². The van der Waals surface area contributed by atoms with Crippen LogP contribution in [0.2, 0.25) is 0 Å². The predicted octanol–water partition coefficient (Wildman–Crippen LogP) is 5.82. The number of rotatable bonds is 22. The van der Waals surface area contributed by atoms with E-state index >= 15 is 0 Å². The normalized spacial score (nSPS) is 10.8. The summed E-state index contributed by atoms with van der Waals surface area (Å²) in [5, 5.41) is 0. The Morgan fingerprint density at radius 3 is 0.953 bits per heavy atom. The van der Waals surface area contributed by atoms with Crippen molar-refractivity contribution in [1.82, 2.24) is 0 Å². The molecule has 0 saturated heterocycles. The quantitative estimate of drug-likeness (QED) is 0.0811. The lowest BCUT2D eigenvalue weighted by Gasteiger charge is -2.23. The second kappa shape index (κ2) is 20.2. The Bertz CT molecular complexity index is 1060. The molecular formula is C29H42I2O12. The van der Waals surface area contributed by atoms with Crippen molar-refractivity contribution in [2.45, 2.75) is 32.1 Å². The lowest BCUT2D eigenvalue weighted by Crippen LogP contribution is -2.11. The number of ether oxygens (including phenoxy) is 12. The Balaban J connectivity index is 2.39. The predicted molar refractivity (Wildman–Crippen MR) is 176 cm³/mol. The summed E-state index contributed by atoms with van der Waals surface area (Å²) in [6.45, 7) is 0.205. The third-order valence-electron chi connectivity index (χ3n) is 6.17. The van der Waals surface area contributed by atoms with Gasteiger partial charge in [-0.1, -0.05) is 6.42 Å². The third-order valence-corrected chi connectivity index (χ3v) is 8.13. The molecule has 0 aliphatic heterocycles. The molecule has 12 nitrogen and oxygen atoms in total. The van der Waals surface area contributed by atoms with Crippen molar-refractivity contribution in [3.63, 3.8) is 0 Å². The Morgan fingerprint density at radius 1 is 0.372 bits per heavy atom. The minimum absolute atomic E-state index is 0.0486. The van der Waals surface area contributed by atoms with Crippen LogP contribution in [0.5, 0.6) is 46.0 Å². The van der Waals surface area contributed by atoms with E-state index in [0.717, 1.165) is 30.4 Å². The van der Waals surface area contributed by atoms with E-state index in [1.54, 1.807) is 56.9 Å². The van der Waals surface area contributed by atoms with Gasteiger partial charge in [0.2, 0.25) is 0 Å². The van der Waals surface area contributed by atoms with Crippen LogP contribution in [0.1, 0.15) is 30.4 Å². The molecule has 0 aliphatic rings. The van der Waals surface area contributed by atoms with Crippen molar-refractivity contribution in [3.05, 3.63) is 18.3 Å². The van der Waals surface area contributed by atoms with Crippen molar-refractivity contribution in [3.8, 4) is 46.0 Å². The molecule has 0 unspecified atom stereocenters. The van der Waals surface area contributed by atoms with E-state index < -0.39 is 0 Å². The molecule has 0 amide bonds. The van der Waals surface area contributed by atoms with Crippen LogP contribution >= 0.6 is 45.2 Å². The van der Waals surface area contributed by atoms with E-state index in [1.807, 2.05) is 0 Å². The Morgan fingerprint density at radius 2 is 0.674 bits per heavy atom. The third kappa shape index (κ3) is 9.56. The smallest absolute Gasteiger partial charge is 0.188 e. The van der Waals surface area contributed by atoms with Crippen molar-refractivity contribution < 1.29 is 56.8 Å². The molecule has 2 rings (SSSR count). The van der Waals surface area contributed by atoms with E-state index in [1.165, 1.54) is 0 Å². The maximum atomic E-state index is 5.98. The molecule has 0 fully saturated rings. The number of benzene rings is 2. The van der Waals surface area contributed by atoms with E-state index in [0.29, 0.717) is 66.0 Å². The Kier molecular flexibility index (Phi) is 17.6. The molecule has 14 heteroatoms. The lowest BCUT2D eigenvalue weighted by molar-refractivity contribution is 0.0437. The first-order valence-electron chi connectivity index (χ1n) is 13.3. The van der Waals surface area contributed by atoms with Crippen LogP contribution in [0.15, 0.2) is 0 Å². The number of methoxy groups -OCH3 is 8. The van der Waals surface area contributed by atoms with Gasteiger partial charge >= 0.3 is 0 Å². The SMILES string of the molecule is COCOc1c(I)c(OC)c(OCOC)c(CCCCCc2c(OC)c(OCOC)c(I)c(OC)c2OCOC)c1OC. The van der Waals surface area contributed by atoms with Crippen LogP contribution in [0, 0.1) is 7.14 Å². The Hall–Kier alpha value is -1.86. The highest BCUT2D eigenvalue weighted by atomic mass is 127. The zero-order valence-electron chi connectivity index (χ0n) is 26.0. The van der Waals surface area contributed by atoms with Crippen molar-refractivity contribution >= 4 is 45.2 Å². The summed E-state index contributed by atoms with van der Waals surface area (Å²) in [7, 11) is 12.6. The second-order valence-corrected chi connectivity index (χ2v) is 11.0. The molecule has 0 bridgehead atoms. The summed E-state index contributed by atoms with van der Waals surface area (Å²) in [4.78, 5) is 0. The molecule has 0 saturated carbocycles. The largest absolute Gasteiger partial charge is 0.492 e. The fraction of sp³-hybridized carbons (Fsp3) is 0.586. The van der Waals surface area contributed by atoms with Gasteiger partial charge in [0.25, 0.3) is 0 Å². The second-order valence-electron chi connectivity index (χ2n) is 8.80. The van der Waals surface area contributed by atoms with Crippen LogP contribution in [0.4, 0.5) is 0 Å². The fourth-order valence-corrected chi connectivity index (χ4v) is 6.16. The number of hydrogen-bond acceptors (Lipinski definition) is 12. The average molecular weight is 836 g/mol. The first-order valence-corrected chi connectivity index (χ1v) is 15.5. The molecule has 0 N–H and O–H groups in total. The summed E-state index contributed by atoms with van der Waals surface area (Å²) in [5.41, 5.74) is 1.63. The number of halogens is 2. The first-order chi connectivity index (χ1) is 20.9. The molecule has 43 heavy (non-hydrogen) atoms. The minimum Gasteiger partial charge on any atom is -0.492 e. The van der Waals surface area contributed by atoms with Gasteiger partial charge in [-0.25, -0.2) is 0 Å². The van der Waals surface area contributed by atoms with Gasteiger partial charge in [-0.3, -0.25) is 0 Å². The van der Waals surface area contributed by atoms with Crippen molar-refractivity contribution in [2.24, 2.45) is 0 Å². The van der Waals surface area contributed by atoms with Gasteiger partial charge in [0.05, 0.1) is 28.4 Å². The first kappa shape index (κ1) is 37.3. The zero-order chi connectivity index (χ0) is 31.8. The van der Waals surface area contributed by atoms with Gasteiger partial charge in [0, 0.05) is 39.6 Å². The standard InChI is InChI=1S/C29H42I2O12/c1-32-14-40-24-18(22(36-5)28(42-16-34-3)20(30)26(24)38-7)12-10-9-11-13-19-23(37-6)29(43-17-35-4)21(31)27(39-8)25(19)41-15-33-2/h9-17H2,1-8H3. The summed E-state index contributed by atoms with van der Waals surface area (Å²) in [6.07, 6.45) is 3.71. The molecule has 0 heterocycles. The van der Waals surface area contributed by atoms with Crippen molar-refractivity contribution in [1.29, 1.82) is 0 Å². The van der Waals surface area contributed by atoms with E-state index in [2.05, 4.69) is 45.2 Å². The fourth-order valence-electron chi connectivity index (χ4n) is 4.42. The van der Waals surface area contributed by atoms with Gasteiger partial charge in [-0.05, 0) is 70.9 Å². The molecule has 244 valence electrons. The highest BCUT2D eigenvalue weighted by molar-refractivity contribution is 14.1. The molecule has 0 atom stereocenters. The summed E-state index contributed by atoms with van der Waals surface area (Å²) < 4.78 is 68.9. The van der Waals surface area contributed by atoms with Crippen LogP contribution in [-0.2, 0) is 31.8 Å². The van der Waals surface area contributed by atoms with E-state index in [9.17, 15) is 0 Å². The monoisotopic (exact) mass is 836 g/mol. The van der Waals surface area contributed by atoms with Gasteiger partial charge < -0.3 is 56.8 Å². The zero-order valence-corrected chi connectivity index (χ0v) is 30.3. The average Bonchev–Trinajstić information content (AvgIpc) is 3.01. The topological polar surface area (TPSA) is 111 Å². The molecule has 0 aromatic heterocycles. The van der Waals surface area contributed by atoms with E-state index in [4.69, 9.17) is 56.8 Å². The summed E-state index contributed by atoms with van der Waals surface area (Å²) >= 11 is 4.30. The highest BCUT2D eigenvalue weighted by Crippen LogP contribution is 2.51. The molecule has 0 radical (unpaired) electrons. The van der Waals surface area contributed by atoms with Gasteiger partial charge in [0.15, 0.2) is 73.2 Å². The lowest BCUT2D eigenvalue weighted by atomic mass is 10.00. The molecule has 0 aliphatic carbocycles.